The lowest BCUT2D eigenvalue weighted by Gasteiger charge is -2.30. The Morgan fingerprint density at radius 3 is 1.31 bits per heavy atom. The minimum Gasteiger partial charge on any atom is -0.0625 e. The molecular weight excluding hydrogens is 192 g/mol. The van der Waals surface area contributed by atoms with E-state index < -0.39 is 0 Å². The summed E-state index contributed by atoms with van der Waals surface area (Å²) in [5.74, 6) is 5.12. The molecule has 4 atom stereocenters. The van der Waals surface area contributed by atoms with Gasteiger partial charge in [0.1, 0.15) is 0 Å². The first-order valence-corrected chi connectivity index (χ1v) is 7.27. The Morgan fingerprint density at radius 2 is 0.938 bits per heavy atom. The van der Waals surface area contributed by atoms with E-state index in [1.165, 1.54) is 12.8 Å². The zero-order valence-electron chi connectivity index (χ0n) is 12.9. The van der Waals surface area contributed by atoms with Crippen molar-refractivity contribution < 1.29 is 0 Å². The van der Waals surface area contributed by atoms with Crippen molar-refractivity contribution in [3.8, 4) is 0 Å². The monoisotopic (exact) mass is 226 g/mol. The summed E-state index contributed by atoms with van der Waals surface area (Å²) in [6, 6.07) is 0. The standard InChI is InChI=1S/C16H34/c1-11(2)13(5)9-10-14(6)16(8)15(7)12(3)4/h11-16H,9-10H2,1-8H3. The molecule has 0 saturated carbocycles. The van der Waals surface area contributed by atoms with E-state index in [4.69, 9.17) is 0 Å². The second-order valence-electron chi connectivity index (χ2n) is 6.74. The molecule has 0 aliphatic carbocycles. The van der Waals surface area contributed by atoms with Gasteiger partial charge in [0, 0.05) is 0 Å². The Hall–Kier alpha value is 0. The summed E-state index contributed by atoms with van der Waals surface area (Å²) in [4.78, 5) is 0. The number of rotatable bonds is 7. The van der Waals surface area contributed by atoms with Crippen LogP contribution in [-0.4, -0.2) is 0 Å². The molecule has 4 unspecified atom stereocenters. The summed E-state index contributed by atoms with van der Waals surface area (Å²) in [6.07, 6.45) is 2.80. The van der Waals surface area contributed by atoms with Crippen LogP contribution >= 0.6 is 0 Å². The van der Waals surface area contributed by atoms with Gasteiger partial charge in [-0.3, -0.25) is 0 Å². The molecule has 0 aliphatic heterocycles. The summed E-state index contributed by atoms with van der Waals surface area (Å²) < 4.78 is 0. The third-order valence-corrected chi connectivity index (χ3v) is 4.99. The van der Waals surface area contributed by atoms with Gasteiger partial charge >= 0.3 is 0 Å². The van der Waals surface area contributed by atoms with Crippen LogP contribution in [0.25, 0.3) is 0 Å². The fourth-order valence-corrected chi connectivity index (χ4v) is 2.25. The van der Waals surface area contributed by atoms with Crippen LogP contribution < -0.4 is 0 Å². The fourth-order valence-electron chi connectivity index (χ4n) is 2.25. The van der Waals surface area contributed by atoms with Gasteiger partial charge in [-0.1, -0.05) is 68.2 Å². The van der Waals surface area contributed by atoms with E-state index in [1.54, 1.807) is 0 Å². The molecule has 0 aromatic rings. The van der Waals surface area contributed by atoms with Gasteiger partial charge in [0.25, 0.3) is 0 Å². The minimum absolute atomic E-state index is 0.819. The van der Waals surface area contributed by atoms with Crippen LogP contribution in [0.4, 0.5) is 0 Å². The summed E-state index contributed by atoms with van der Waals surface area (Å²) in [5.41, 5.74) is 0. The van der Waals surface area contributed by atoms with E-state index >= 15 is 0 Å². The van der Waals surface area contributed by atoms with E-state index in [2.05, 4.69) is 55.4 Å². The fraction of sp³-hybridized carbons (Fsp3) is 1.00. The lowest BCUT2D eigenvalue weighted by Crippen LogP contribution is -2.21. The molecule has 0 heterocycles. The van der Waals surface area contributed by atoms with Gasteiger partial charge in [0.2, 0.25) is 0 Å². The van der Waals surface area contributed by atoms with Crippen molar-refractivity contribution in [3.05, 3.63) is 0 Å². The maximum Gasteiger partial charge on any atom is -0.0389 e. The SMILES string of the molecule is CC(C)C(C)CCC(C)C(C)C(C)C(C)C. The molecule has 0 nitrogen and oxygen atoms in total. The quantitative estimate of drug-likeness (QED) is 0.528. The summed E-state index contributed by atoms with van der Waals surface area (Å²) in [7, 11) is 0. The van der Waals surface area contributed by atoms with E-state index in [0.717, 1.165) is 35.5 Å². The van der Waals surface area contributed by atoms with Crippen LogP contribution in [0.1, 0.15) is 68.2 Å². The molecule has 0 aliphatic rings. The molecule has 0 fully saturated rings. The zero-order chi connectivity index (χ0) is 12.9. The van der Waals surface area contributed by atoms with Crippen molar-refractivity contribution in [1.82, 2.24) is 0 Å². The highest BCUT2D eigenvalue weighted by molar-refractivity contribution is 4.71. The maximum atomic E-state index is 2.44. The molecule has 0 bridgehead atoms. The average molecular weight is 226 g/mol. The predicted molar refractivity (Wildman–Crippen MR) is 75.6 cm³/mol. The number of hydrogen-bond donors (Lipinski definition) is 0. The molecule has 0 saturated heterocycles. The van der Waals surface area contributed by atoms with E-state index in [-0.39, 0.29) is 0 Å². The highest BCUT2D eigenvalue weighted by Gasteiger charge is 2.22. The first-order chi connectivity index (χ1) is 7.27. The molecule has 0 N–H and O–H groups in total. The third kappa shape index (κ3) is 5.37. The molecule has 98 valence electrons. The highest BCUT2D eigenvalue weighted by Crippen LogP contribution is 2.30. The van der Waals surface area contributed by atoms with Gasteiger partial charge in [-0.25, -0.2) is 0 Å². The minimum atomic E-state index is 0.819. The second-order valence-corrected chi connectivity index (χ2v) is 6.74. The molecule has 0 radical (unpaired) electrons. The lowest BCUT2D eigenvalue weighted by atomic mass is 9.76. The van der Waals surface area contributed by atoms with Crippen LogP contribution in [0.2, 0.25) is 0 Å². The Kier molecular flexibility index (Phi) is 7.35. The van der Waals surface area contributed by atoms with Crippen LogP contribution in [0, 0.1) is 35.5 Å². The van der Waals surface area contributed by atoms with Crippen LogP contribution in [0.3, 0.4) is 0 Å². The largest absolute Gasteiger partial charge is 0.0625 e. The first-order valence-electron chi connectivity index (χ1n) is 7.27. The van der Waals surface area contributed by atoms with Gasteiger partial charge in [-0.2, -0.15) is 0 Å². The van der Waals surface area contributed by atoms with Gasteiger partial charge in [-0.15, -0.1) is 0 Å². The second kappa shape index (κ2) is 7.35. The van der Waals surface area contributed by atoms with Crippen molar-refractivity contribution in [2.24, 2.45) is 35.5 Å². The molecule has 0 aromatic carbocycles. The Bertz CT molecular complexity index is 169. The normalized spacial score (nSPS) is 19.9. The first kappa shape index (κ1) is 16.0. The molecule has 0 spiro atoms. The molecule has 0 heteroatoms. The topological polar surface area (TPSA) is 0 Å². The van der Waals surface area contributed by atoms with Crippen molar-refractivity contribution in [1.29, 1.82) is 0 Å². The summed E-state index contributed by atoms with van der Waals surface area (Å²) >= 11 is 0. The van der Waals surface area contributed by atoms with Gasteiger partial charge in [-0.05, 0) is 35.5 Å². The highest BCUT2D eigenvalue weighted by atomic mass is 14.3. The molecule has 0 aromatic heterocycles. The van der Waals surface area contributed by atoms with Gasteiger partial charge in [0.15, 0.2) is 0 Å². The smallest absolute Gasteiger partial charge is 0.0389 e. The Labute approximate surface area is 104 Å². The third-order valence-electron chi connectivity index (χ3n) is 4.99. The molecule has 0 rings (SSSR count). The zero-order valence-corrected chi connectivity index (χ0v) is 12.9. The summed E-state index contributed by atoms with van der Waals surface area (Å²) in [5, 5.41) is 0. The van der Waals surface area contributed by atoms with Gasteiger partial charge < -0.3 is 0 Å². The van der Waals surface area contributed by atoms with E-state index in [0.29, 0.717) is 0 Å². The average Bonchev–Trinajstić information content (AvgIpc) is 2.22. The lowest BCUT2D eigenvalue weighted by molar-refractivity contribution is 0.201. The predicted octanol–water partition coefficient (Wildman–Crippen LogP) is 5.62. The van der Waals surface area contributed by atoms with E-state index in [9.17, 15) is 0 Å². The molecular formula is C16H34. The summed E-state index contributed by atoms with van der Waals surface area (Å²) in [6.45, 7) is 19.1. The molecule has 16 heavy (non-hydrogen) atoms. The maximum absolute atomic E-state index is 2.44. The van der Waals surface area contributed by atoms with Crippen molar-refractivity contribution >= 4 is 0 Å². The van der Waals surface area contributed by atoms with Crippen molar-refractivity contribution in [2.75, 3.05) is 0 Å². The molecule has 0 amide bonds. The van der Waals surface area contributed by atoms with Crippen molar-refractivity contribution in [2.45, 2.75) is 68.2 Å². The van der Waals surface area contributed by atoms with Crippen LogP contribution in [0.15, 0.2) is 0 Å². The Balaban J connectivity index is 4.01. The van der Waals surface area contributed by atoms with Crippen LogP contribution in [-0.2, 0) is 0 Å². The Morgan fingerprint density at radius 1 is 0.500 bits per heavy atom. The van der Waals surface area contributed by atoms with Crippen molar-refractivity contribution in [3.63, 3.8) is 0 Å². The van der Waals surface area contributed by atoms with Crippen LogP contribution in [0.5, 0.6) is 0 Å². The van der Waals surface area contributed by atoms with Gasteiger partial charge in [0.05, 0.1) is 0 Å². The number of hydrogen-bond acceptors (Lipinski definition) is 0. The van der Waals surface area contributed by atoms with E-state index in [1.807, 2.05) is 0 Å².